The van der Waals surface area contributed by atoms with E-state index in [9.17, 15) is 4.39 Å². The van der Waals surface area contributed by atoms with Gasteiger partial charge >= 0.3 is 7.12 Å². The van der Waals surface area contributed by atoms with Gasteiger partial charge in [0.25, 0.3) is 6.01 Å². The number of rotatable bonds is 1. The largest absolute Gasteiger partial charge is 0.497 e. The molecule has 20 heavy (non-hydrogen) atoms. The summed E-state index contributed by atoms with van der Waals surface area (Å²) in [5, 5.41) is 0. The molecule has 106 valence electrons. The third kappa shape index (κ3) is 1.81. The van der Waals surface area contributed by atoms with E-state index in [2.05, 4.69) is 4.98 Å². The molecule has 1 aromatic heterocycles. The van der Waals surface area contributed by atoms with Crippen molar-refractivity contribution in [1.82, 2.24) is 4.98 Å². The first kappa shape index (κ1) is 13.4. The van der Waals surface area contributed by atoms with Crippen molar-refractivity contribution in [3.05, 3.63) is 17.9 Å². The van der Waals surface area contributed by atoms with Gasteiger partial charge in [-0.25, -0.2) is 4.39 Å². The van der Waals surface area contributed by atoms with Crippen LogP contribution in [0.5, 0.6) is 0 Å². The van der Waals surface area contributed by atoms with E-state index in [1.54, 1.807) is 12.1 Å². The van der Waals surface area contributed by atoms with Crippen LogP contribution >= 0.6 is 0 Å². The Labute approximate surface area is 116 Å². The molecule has 1 aliphatic rings. The van der Waals surface area contributed by atoms with Gasteiger partial charge in [0, 0.05) is 5.46 Å². The second-order valence-corrected chi connectivity index (χ2v) is 5.96. The smallest absolute Gasteiger partial charge is 0.424 e. The highest BCUT2D eigenvalue weighted by Gasteiger charge is 2.52. The zero-order chi connectivity index (χ0) is 14.7. The highest BCUT2D eigenvalue weighted by Crippen LogP contribution is 2.37. The van der Waals surface area contributed by atoms with E-state index in [1.807, 2.05) is 27.7 Å². The van der Waals surface area contributed by atoms with Crippen LogP contribution in [0.15, 0.2) is 16.5 Å². The van der Waals surface area contributed by atoms with Gasteiger partial charge in [0.15, 0.2) is 11.4 Å². The molecule has 1 fully saturated rings. The van der Waals surface area contributed by atoms with Crippen LogP contribution in [0, 0.1) is 5.82 Å². The highest BCUT2D eigenvalue weighted by molar-refractivity contribution is 6.62. The van der Waals surface area contributed by atoms with Gasteiger partial charge in [0.1, 0.15) is 5.52 Å². The number of aromatic nitrogens is 1. The lowest BCUT2D eigenvalue weighted by Crippen LogP contribution is -2.41. The molecule has 1 aromatic carbocycles. The molecule has 1 aliphatic heterocycles. The van der Waals surface area contributed by atoms with Gasteiger partial charge in [-0.15, -0.1) is 0 Å². The van der Waals surface area contributed by atoms with E-state index in [-0.39, 0.29) is 11.5 Å². The second-order valence-electron chi connectivity index (χ2n) is 5.96. The summed E-state index contributed by atoms with van der Waals surface area (Å²) in [6.45, 7) is 7.66. The number of hydrogen-bond donors (Lipinski definition) is 1. The Kier molecular flexibility index (Phi) is 2.65. The number of benzene rings is 1. The van der Waals surface area contributed by atoms with E-state index in [0.29, 0.717) is 11.0 Å². The number of hydrogen-bond acceptors (Lipinski definition) is 5. The Hall–Kier alpha value is -1.60. The zero-order valence-electron chi connectivity index (χ0n) is 11.9. The van der Waals surface area contributed by atoms with Crippen molar-refractivity contribution in [2.24, 2.45) is 0 Å². The Morgan fingerprint density at radius 1 is 1.15 bits per heavy atom. The summed E-state index contributed by atoms with van der Waals surface area (Å²) in [4.78, 5) is 3.84. The van der Waals surface area contributed by atoms with Crippen molar-refractivity contribution in [3.63, 3.8) is 0 Å². The van der Waals surface area contributed by atoms with Crippen LogP contribution in [-0.2, 0) is 9.31 Å². The number of fused-ring (bicyclic) bond motifs is 1. The van der Waals surface area contributed by atoms with Crippen LogP contribution < -0.4 is 11.2 Å². The van der Waals surface area contributed by atoms with Crippen molar-refractivity contribution in [1.29, 1.82) is 0 Å². The van der Waals surface area contributed by atoms with Gasteiger partial charge in [-0.3, -0.25) is 0 Å². The Bertz CT molecular complexity index is 668. The van der Waals surface area contributed by atoms with Crippen LogP contribution in [0.1, 0.15) is 27.7 Å². The SMILES string of the molecule is CC1(C)OB(c2ccc3oc(N)nc3c2F)OC1(C)C. The average Bonchev–Trinajstić information content (AvgIpc) is 2.78. The maximum absolute atomic E-state index is 14.5. The van der Waals surface area contributed by atoms with Crippen LogP contribution in [0.3, 0.4) is 0 Å². The van der Waals surface area contributed by atoms with E-state index < -0.39 is 24.1 Å². The summed E-state index contributed by atoms with van der Waals surface area (Å²) in [6.07, 6.45) is 0. The third-order valence-electron chi connectivity index (χ3n) is 4.05. The third-order valence-corrected chi connectivity index (χ3v) is 4.05. The predicted molar refractivity (Wildman–Crippen MR) is 74.1 cm³/mol. The molecule has 2 N–H and O–H groups in total. The molecule has 0 aliphatic carbocycles. The number of halogens is 1. The molecule has 2 aromatic rings. The van der Waals surface area contributed by atoms with Gasteiger partial charge in [-0.05, 0) is 33.8 Å². The molecule has 0 unspecified atom stereocenters. The summed E-state index contributed by atoms with van der Waals surface area (Å²) in [5.41, 5.74) is 5.08. The molecule has 0 bridgehead atoms. The number of nitrogens with two attached hydrogens (primary N) is 1. The normalized spacial score (nSPS) is 20.8. The molecular formula is C13H16BFN2O3. The fourth-order valence-corrected chi connectivity index (χ4v) is 2.15. The predicted octanol–water partition coefficient (Wildman–Crippen LogP) is 1.85. The van der Waals surface area contributed by atoms with Gasteiger partial charge < -0.3 is 19.5 Å². The Morgan fingerprint density at radius 3 is 2.35 bits per heavy atom. The van der Waals surface area contributed by atoms with E-state index in [1.165, 1.54) is 0 Å². The van der Waals surface area contributed by atoms with E-state index in [0.717, 1.165) is 0 Å². The van der Waals surface area contributed by atoms with Crippen molar-refractivity contribution < 1.29 is 18.1 Å². The average molecular weight is 278 g/mol. The van der Waals surface area contributed by atoms with Gasteiger partial charge in [-0.2, -0.15) is 4.98 Å². The topological polar surface area (TPSA) is 70.5 Å². The van der Waals surface area contributed by atoms with Crippen molar-refractivity contribution in [2.45, 2.75) is 38.9 Å². The summed E-state index contributed by atoms with van der Waals surface area (Å²) in [6, 6.07) is 3.12. The molecule has 5 nitrogen and oxygen atoms in total. The Balaban J connectivity index is 2.06. The first-order valence-electron chi connectivity index (χ1n) is 6.41. The summed E-state index contributed by atoms with van der Waals surface area (Å²) < 4.78 is 31.3. The van der Waals surface area contributed by atoms with Crippen molar-refractivity contribution in [2.75, 3.05) is 5.73 Å². The van der Waals surface area contributed by atoms with E-state index >= 15 is 0 Å². The number of nitrogen functional groups attached to an aromatic ring is 1. The first-order chi connectivity index (χ1) is 9.21. The van der Waals surface area contributed by atoms with E-state index in [4.69, 9.17) is 19.5 Å². The number of oxazole rings is 1. The summed E-state index contributed by atoms with van der Waals surface area (Å²) in [7, 11) is -0.776. The van der Waals surface area contributed by atoms with Crippen LogP contribution in [0.2, 0.25) is 0 Å². The van der Waals surface area contributed by atoms with Gasteiger partial charge in [0.2, 0.25) is 0 Å². The lowest BCUT2D eigenvalue weighted by atomic mass is 9.78. The minimum absolute atomic E-state index is 0.0648. The standard InChI is InChI=1S/C13H16BFN2O3/c1-12(2)13(3,4)20-14(19-12)7-5-6-8-10(9(7)15)17-11(16)18-8/h5-6H,1-4H3,(H2,16,17). The monoisotopic (exact) mass is 278 g/mol. The Morgan fingerprint density at radius 2 is 1.75 bits per heavy atom. The fraction of sp³-hybridized carbons (Fsp3) is 0.462. The lowest BCUT2D eigenvalue weighted by molar-refractivity contribution is 0.00578. The molecular weight excluding hydrogens is 262 g/mol. The van der Waals surface area contributed by atoms with Gasteiger partial charge in [0.05, 0.1) is 11.2 Å². The first-order valence-corrected chi connectivity index (χ1v) is 6.41. The molecule has 0 radical (unpaired) electrons. The quantitative estimate of drug-likeness (QED) is 0.806. The highest BCUT2D eigenvalue weighted by atomic mass is 19.1. The molecule has 0 spiro atoms. The fourth-order valence-electron chi connectivity index (χ4n) is 2.15. The minimum atomic E-state index is -0.776. The number of nitrogens with zero attached hydrogens (tertiary/aromatic N) is 1. The maximum Gasteiger partial charge on any atom is 0.497 e. The molecule has 1 saturated heterocycles. The lowest BCUT2D eigenvalue weighted by Gasteiger charge is -2.32. The second kappa shape index (κ2) is 3.96. The van der Waals surface area contributed by atoms with Crippen LogP contribution in [-0.4, -0.2) is 23.3 Å². The molecule has 2 heterocycles. The van der Waals surface area contributed by atoms with Crippen LogP contribution in [0.25, 0.3) is 11.1 Å². The van der Waals surface area contributed by atoms with Gasteiger partial charge in [-0.1, -0.05) is 6.07 Å². The molecule has 0 saturated carbocycles. The summed E-state index contributed by atoms with van der Waals surface area (Å²) >= 11 is 0. The molecule has 3 rings (SSSR count). The molecule has 0 atom stereocenters. The minimum Gasteiger partial charge on any atom is -0.424 e. The maximum atomic E-state index is 14.5. The van der Waals surface area contributed by atoms with Crippen LogP contribution in [0.4, 0.5) is 10.4 Å². The molecule has 7 heteroatoms. The number of anilines is 1. The molecule has 0 amide bonds. The zero-order valence-corrected chi connectivity index (χ0v) is 11.9. The van der Waals surface area contributed by atoms with Crippen molar-refractivity contribution >= 4 is 29.7 Å². The van der Waals surface area contributed by atoms with Crippen molar-refractivity contribution in [3.8, 4) is 0 Å². The summed E-state index contributed by atoms with van der Waals surface area (Å²) in [5.74, 6) is -0.526.